The number of esters is 1. The molecule has 0 saturated heterocycles. The maximum absolute atomic E-state index is 11.4. The van der Waals surface area contributed by atoms with Crippen LogP contribution in [0.2, 0.25) is 0 Å². The maximum Gasteiger partial charge on any atom is 0.356 e. The molecule has 1 aromatic rings. The lowest BCUT2D eigenvalue weighted by Gasteiger charge is -2.06. The number of ether oxygens (including phenoxy) is 2. The van der Waals surface area contributed by atoms with Crippen molar-refractivity contribution in [2.75, 3.05) is 13.2 Å². The van der Waals surface area contributed by atoms with Crippen molar-refractivity contribution in [2.45, 2.75) is 51.9 Å². The summed E-state index contributed by atoms with van der Waals surface area (Å²) in [6, 6.07) is 9.83. The van der Waals surface area contributed by atoms with Crippen molar-refractivity contribution in [1.82, 2.24) is 0 Å². The zero-order valence-corrected chi connectivity index (χ0v) is 13.9. The van der Waals surface area contributed by atoms with Gasteiger partial charge in [-0.25, -0.2) is 4.79 Å². The molecule has 0 heterocycles. The van der Waals surface area contributed by atoms with E-state index in [0.29, 0.717) is 13.0 Å². The summed E-state index contributed by atoms with van der Waals surface area (Å²) in [4.78, 5) is 11.4. The molecular formula is C18H27NO4. The molecule has 0 unspecified atom stereocenters. The second kappa shape index (κ2) is 12.5. The van der Waals surface area contributed by atoms with Gasteiger partial charge in [0.1, 0.15) is 5.75 Å². The third-order valence-electron chi connectivity index (χ3n) is 3.45. The molecule has 0 aliphatic carbocycles. The molecule has 0 fully saturated rings. The number of hydrogen-bond donors (Lipinski definition) is 1. The predicted octanol–water partition coefficient (Wildman–Crippen LogP) is 4.19. The molecule has 1 aromatic carbocycles. The Morgan fingerprint density at radius 3 is 2.35 bits per heavy atom. The fourth-order valence-electron chi connectivity index (χ4n) is 2.22. The van der Waals surface area contributed by atoms with Crippen molar-refractivity contribution in [3.63, 3.8) is 0 Å². The summed E-state index contributed by atoms with van der Waals surface area (Å²) in [7, 11) is 0. The van der Waals surface area contributed by atoms with E-state index in [4.69, 9.17) is 14.7 Å². The molecule has 0 amide bonds. The maximum atomic E-state index is 11.4. The number of oxime groups is 1. The number of para-hydroxylation sites is 1. The average molecular weight is 321 g/mol. The van der Waals surface area contributed by atoms with Gasteiger partial charge in [-0.1, -0.05) is 49.0 Å². The lowest BCUT2D eigenvalue weighted by Crippen LogP contribution is -2.17. The number of unbranched alkanes of at least 4 members (excludes halogenated alkanes) is 5. The van der Waals surface area contributed by atoms with Gasteiger partial charge in [-0.05, 0) is 31.9 Å². The van der Waals surface area contributed by atoms with Crippen LogP contribution in [0.4, 0.5) is 0 Å². The highest BCUT2D eigenvalue weighted by molar-refractivity contribution is 6.36. The second-order valence-corrected chi connectivity index (χ2v) is 5.30. The first kappa shape index (κ1) is 19.0. The first-order chi connectivity index (χ1) is 11.3. The Morgan fingerprint density at radius 2 is 1.70 bits per heavy atom. The SMILES string of the molecule is CCOC(=O)C(CCCCCCCCOc1ccccc1)=NO. The van der Waals surface area contributed by atoms with E-state index in [2.05, 4.69) is 5.16 Å². The first-order valence-corrected chi connectivity index (χ1v) is 8.33. The zero-order valence-electron chi connectivity index (χ0n) is 13.9. The number of hydrogen-bond acceptors (Lipinski definition) is 5. The third-order valence-corrected chi connectivity index (χ3v) is 3.45. The molecule has 0 saturated carbocycles. The largest absolute Gasteiger partial charge is 0.494 e. The highest BCUT2D eigenvalue weighted by Crippen LogP contribution is 2.11. The molecule has 128 valence electrons. The van der Waals surface area contributed by atoms with E-state index in [1.807, 2.05) is 30.3 Å². The van der Waals surface area contributed by atoms with Crippen molar-refractivity contribution in [2.24, 2.45) is 5.16 Å². The van der Waals surface area contributed by atoms with Gasteiger partial charge in [-0.15, -0.1) is 0 Å². The van der Waals surface area contributed by atoms with E-state index in [9.17, 15) is 4.79 Å². The highest BCUT2D eigenvalue weighted by Gasteiger charge is 2.12. The summed E-state index contributed by atoms with van der Waals surface area (Å²) in [6.45, 7) is 2.77. The van der Waals surface area contributed by atoms with Crippen LogP contribution in [-0.2, 0) is 9.53 Å². The molecule has 0 spiro atoms. The molecular weight excluding hydrogens is 294 g/mol. The second-order valence-electron chi connectivity index (χ2n) is 5.30. The molecule has 0 aliphatic heterocycles. The van der Waals surface area contributed by atoms with Crippen molar-refractivity contribution in [1.29, 1.82) is 0 Å². The van der Waals surface area contributed by atoms with Crippen LogP contribution in [0.25, 0.3) is 0 Å². The Balaban J connectivity index is 1.96. The standard InChI is InChI=1S/C18H27NO4/c1-2-22-18(20)17(19-21)14-10-5-3-4-6-11-15-23-16-12-8-7-9-13-16/h7-9,12-13,21H,2-6,10-11,14-15H2,1H3. The van der Waals surface area contributed by atoms with Gasteiger partial charge in [-0.3, -0.25) is 0 Å². The monoisotopic (exact) mass is 321 g/mol. The summed E-state index contributed by atoms with van der Waals surface area (Å²) in [5.74, 6) is 0.398. The van der Waals surface area contributed by atoms with Crippen molar-refractivity contribution < 1.29 is 19.5 Å². The molecule has 0 aliphatic rings. The van der Waals surface area contributed by atoms with Crippen LogP contribution >= 0.6 is 0 Å². The molecule has 1 N–H and O–H groups in total. The van der Waals surface area contributed by atoms with Gasteiger partial charge in [0.2, 0.25) is 0 Å². The lowest BCUT2D eigenvalue weighted by atomic mass is 10.1. The lowest BCUT2D eigenvalue weighted by molar-refractivity contribution is -0.135. The minimum atomic E-state index is -0.520. The van der Waals surface area contributed by atoms with Crippen LogP contribution in [0.1, 0.15) is 51.9 Å². The van der Waals surface area contributed by atoms with Crippen molar-refractivity contribution in [3.05, 3.63) is 30.3 Å². The summed E-state index contributed by atoms with van der Waals surface area (Å²) < 4.78 is 10.4. The number of carbonyl (C=O) groups excluding carboxylic acids is 1. The van der Waals surface area contributed by atoms with E-state index >= 15 is 0 Å². The molecule has 5 heteroatoms. The van der Waals surface area contributed by atoms with Crippen LogP contribution in [-0.4, -0.2) is 30.1 Å². The highest BCUT2D eigenvalue weighted by atomic mass is 16.5. The Kier molecular flexibility index (Phi) is 10.3. The van der Waals surface area contributed by atoms with Gasteiger partial charge in [0.25, 0.3) is 0 Å². The Labute approximate surface area is 138 Å². The topological polar surface area (TPSA) is 68.1 Å². The van der Waals surface area contributed by atoms with E-state index in [1.165, 1.54) is 0 Å². The third kappa shape index (κ3) is 8.86. The first-order valence-electron chi connectivity index (χ1n) is 8.33. The van der Waals surface area contributed by atoms with Gasteiger partial charge >= 0.3 is 5.97 Å². The van der Waals surface area contributed by atoms with Crippen molar-refractivity contribution in [3.8, 4) is 5.75 Å². The van der Waals surface area contributed by atoms with Gasteiger partial charge in [0.15, 0.2) is 5.71 Å². The van der Waals surface area contributed by atoms with Crippen LogP contribution < -0.4 is 4.74 Å². The van der Waals surface area contributed by atoms with Crippen LogP contribution in [0.15, 0.2) is 35.5 Å². The number of rotatable bonds is 12. The number of carbonyl (C=O) groups is 1. The minimum absolute atomic E-state index is 0.114. The normalized spacial score (nSPS) is 11.3. The van der Waals surface area contributed by atoms with E-state index in [-0.39, 0.29) is 5.71 Å². The summed E-state index contributed by atoms with van der Waals surface area (Å²) in [5.41, 5.74) is 0.114. The van der Waals surface area contributed by atoms with E-state index < -0.39 is 5.97 Å². The summed E-state index contributed by atoms with van der Waals surface area (Å²) in [6.07, 6.45) is 6.73. The average Bonchev–Trinajstić information content (AvgIpc) is 2.58. The summed E-state index contributed by atoms with van der Waals surface area (Å²) in [5, 5.41) is 11.8. The van der Waals surface area contributed by atoms with Crippen LogP contribution in [0.5, 0.6) is 5.75 Å². The molecule has 0 aromatic heterocycles. The Bertz CT molecular complexity index is 459. The van der Waals surface area contributed by atoms with Gasteiger partial charge in [0.05, 0.1) is 13.2 Å². The van der Waals surface area contributed by atoms with E-state index in [1.54, 1.807) is 6.92 Å². The Morgan fingerprint density at radius 1 is 1.04 bits per heavy atom. The molecule has 0 radical (unpaired) electrons. The number of nitrogens with zero attached hydrogens (tertiary/aromatic N) is 1. The van der Waals surface area contributed by atoms with Crippen molar-refractivity contribution >= 4 is 11.7 Å². The minimum Gasteiger partial charge on any atom is -0.494 e. The summed E-state index contributed by atoms with van der Waals surface area (Å²) >= 11 is 0. The van der Waals surface area contributed by atoms with Crippen LogP contribution in [0.3, 0.4) is 0 Å². The molecule has 0 atom stereocenters. The molecule has 0 bridgehead atoms. The fraction of sp³-hybridized carbons (Fsp3) is 0.556. The number of benzene rings is 1. The predicted molar refractivity (Wildman–Crippen MR) is 90.1 cm³/mol. The molecule has 5 nitrogen and oxygen atoms in total. The smallest absolute Gasteiger partial charge is 0.356 e. The Hall–Kier alpha value is -2.04. The van der Waals surface area contributed by atoms with Gasteiger partial charge in [0, 0.05) is 6.42 Å². The molecule has 1 rings (SSSR count). The molecule has 23 heavy (non-hydrogen) atoms. The van der Waals surface area contributed by atoms with Crippen LogP contribution in [0, 0.1) is 0 Å². The van der Waals surface area contributed by atoms with Gasteiger partial charge < -0.3 is 14.7 Å². The van der Waals surface area contributed by atoms with Gasteiger partial charge in [-0.2, -0.15) is 0 Å². The van der Waals surface area contributed by atoms with E-state index in [0.717, 1.165) is 50.9 Å². The quantitative estimate of drug-likeness (QED) is 0.206. The zero-order chi connectivity index (χ0) is 16.8. The fourth-order valence-corrected chi connectivity index (χ4v) is 2.22.